The second-order valence-electron chi connectivity index (χ2n) is 6.37. The molecular formula is C17H19NO. The van der Waals surface area contributed by atoms with Gasteiger partial charge in [0.05, 0.1) is 6.04 Å². The van der Waals surface area contributed by atoms with Gasteiger partial charge >= 0.3 is 0 Å². The Morgan fingerprint density at radius 2 is 2.05 bits per heavy atom. The van der Waals surface area contributed by atoms with Crippen LogP contribution in [-0.4, -0.2) is 11.9 Å². The van der Waals surface area contributed by atoms with E-state index >= 15 is 0 Å². The van der Waals surface area contributed by atoms with Crippen LogP contribution in [0.25, 0.3) is 0 Å². The molecule has 0 N–H and O–H groups in total. The molecule has 0 aromatic heterocycles. The number of carbonyl (C=O) groups excluding carboxylic acids is 1. The van der Waals surface area contributed by atoms with Gasteiger partial charge in [-0.15, -0.1) is 0 Å². The molecule has 0 unspecified atom stereocenters. The van der Waals surface area contributed by atoms with E-state index in [1.165, 1.54) is 18.4 Å². The first kappa shape index (κ1) is 11.3. The van der Waals surface area contributed by atoms with Gasteiger partial charge in [0.2, 0.25) is 5.91 Å². The second-order valence-corrected chi connectivity index (χ2v) is 6.37. The lowest BCUT2D eigenvalue weighted by Crippen LogP contribution is -2.57. The Hall–Kier alpha value is -1.57. The highest BCUT2D eigenvalue weighted by atomic mass is 16.2. The van der Waals surface area contributed by atoms with Gasteiger partial charge in [0.25, 0.3) is 0 Å². The van der Waals surface area contributed by atoms with Crippen molar-refractivity contribution < 1.29 is 4.79 Å². The maximum absolute atomic E-state index is 12.2. The molecule has 1 heterocycles. The Morgan fingerprint density at radius 3 is 2.74 bits per heavy atom. The normalized spacial score (nSPS) is 38.2. The maximum Gasteiger partial charge on any atom is 0.224 e. The number of hydrogen-bond donors (Lipinski definition) is 0. The number of carbonyl (C=O) groups is 1. The summed E-state index contributed by atoms with van der Waals surface area (Å²) in [5.41, 5.74) is 2.62. The van der Waals surface area contributed by atoms with E-state index in [0.717, 1.165) is 5.69 Å². The van der Waals surface area contributed by atoms with E-state index in [1.54, 1.807) is 6.92 Å². The van der Waals surface area contributed by atoms with Crippen molar-refractivity contribution in [3.05, 3.63) is 42.0 Å². The molecule has 2 nitrogen and oxygen atoms in total. The van der Waals surface area contributed by atoms with Gasteiger partial charge in [-0.3, -0.25) is 4.79 Å². The molecule has 19 heavy (non-hydrogen) atoms. The van der Waals surface area contributed by atoms with Gasteiger partial charge in [0.1, 0.15) is 0 Å². The Bertz CT molecular complexity index is 591. The maximum atomic E-state index is 12.2. The van der Waals surface area contributed by atoms with E-state index in [2.05, 4.69) is 42.2 Å². The third-order valence-electron chi connectivity index (χ3n) is 5.55. The molecule has 0 spiro atoms. The minimum atomic E-state index is 0.111. The number of benzene rings is 1. The number of fused-ring (bicyclic) bond motifs is 2. The number of rotatable bonds is 0. The number of amides is 1. The van der Waals surface area contributed by atoms with Gasteiger partial charge < -0.3 is 4.90 Å². The molecule has 4 atom stereocenters. The summed E-state index contributed by atoms with van der Waals surface area (Å²) < 4.78 is 0. The molecular weight excluding hydrogens is 234 g/mol. The molecule has 1 aromatic rings. The Balaban J connectivity index is 1.99. The number of hydrogen-bond acceptors (Lipinski definition) is 1. The SMILES string of the molecule is CC(=O)N1c2ccccc2[C@]2(C)[C@@H]3C=C[C@@H](CC3)[C@H]12. The minimum Gasteiger partial charge on any atom is -0.308 e. The van der Waals surface area contributed by atoms with Crippen LogP contribution in [0.5, 0.6) is 0 Å². The van der Waals surface area contributed by atoms with Crippen LogP contribution in [0.4, 0.5) is 5.69 Å². The van der Waals surface area contributed by atoms with Crippen LogP contribution in [0, 0.1) is 11.8 Å². The third kappa shape index (κ3) is 1.20. The number of nitrogens with zero attached hydrogens (tertiary/aromatic N) is 1. The largest absolute Gasteiger partial charge is 0.308 e. The first-order chi connectivity index (χ1) is 9.14. The van der Waals surface area contributed by atoms with Crippen LogP contribution < -0.4 is 4.90 Å². The lowest BCUT2D eigenvalue weighted by atomic mass is 9.56. The fourth-order valence-electron chi connectivity index (χ4n) is 4.74. The summed E-state index contributed by atoms with van der Waals surface area (Å²) in [5.74, 6) is 1.28. The highest BCUT2D eigenvalue weighted by Gasteiger charge is 2.58. The molecule has 1 aromatic carbocycles. The van der Waals surface area contributed by atoms with Crippen molar-refractivity contribution in [2.45, 2.75) is 38.1 Å². The van der Waals surface area contributed by atoms with Crippen LogP contribution in [0.2, 0.25) is 0 Å². The first-order valence-corrected chi connectivity index (χ1v) is 7.21. The molecule has 2 bridgehead atoms. The van der Waals surface area contributed by atoms with Crippen molar-refractivity contribution >= 4 is 11.6 Å². The van der Waals surface area contributed by atoms with Crippen molar-refractivity contribution in [3.8, 4) is 0 Å². The van der Waals surface area contributed by atoms with Crippen LogP contribution in [-0.2, 0) is 10.2 Å². The van der Waals surface area contributed by atoms with E-state index in [-0.39, 0.29) is 11.3 Å². The van der Waals surface area contributed by atoms with E-state index in [0.29, 0.717) is 17.9 Å². The Labute approximate surface area is 114 Å². The standard InChI is InChI=1S/C17H19NO/c1-11(19)18-15-6-4-3-5-14(15)17(2)13-9-7-12(8-10-13)16(17)18/h3-7,9,12-13,16H,8,10H2,1-2H3/t12-,13+,16-,17-/m0/s1. The fraction of sp³-hybridized carbons (Fsp3) is 0.471. The van der Waals surface area contributed by atoms with Crippen molar-refractivity contribution in [3.63, 3.8) is 0 Å². The number of para-hydroxylation sites is 1. The highest BCUT2D eigenvalue weighted by molar-refractivity contribution is 5.96. The molecule has 3 aliphatic carbocycles. The summed E-state index contributed by atoms with van der Waals surface area (Å²) in [6.07, 6.45) is 7.22. The summed E-state index contributed by atoms with van der Waals surface area (Å²) in [4.78, 5) is 14.2. The van der Waals surface area contributed by atoms with Crippen LogP contribution in [0.3, 0.4) is 0 Å². The number of allylic oxidation sites excluding steroid dienone is 1. The molecule has 5 rings (SSSR count). The molecule has 1 saturated carbocycles. The molecule has 4 aliphatic rings. The molecule has 1 aliphatic heterocycles. The second kappa shape index (κ2) is 3.50. The predicted octanol–water partition coefficient (Wildman–Crippen LogP) is 3.28. The van der Waals surface area contributed by atoms with Gasteiger partial charge in [-0.25, -0.2) is 0 Å². The number of anilines is 1. The van der Waals surface area contributed by atoms with Gasteiger partial charge in [0.15, 0.2) is 0 Å². The van der Waals surface area contributed by atoms with Crippen LogP contribution >= 0.6 is 0 Å². The molecule has 0 saturated heterocycles. The summed E-state index contributed by atoms with van der Waals surface area (Å²) in [6, 6.07) is 8.81. The summed E-state index contributed by atoms with van der Waals surface area (Å²) in [5, 5.41) is 0. The van der Waals surface area contributed by atoms with Crippen molar-refractivity contribution in [2.24, 2.45) is 11.8 Å². The van der Waals surface area contributed by atoms with E-state index in [9.17, 15) is 4.79 Å². The van der Waals surface area contributed by atoms with Gasteiger partial charge in [-0.05, 0) is 36.3 Å². The minimum absolute atomic E-state index is 0.111. The van der Waals surface area contributed by atoms with Crippen molar-refractivity contribution in [1.29, 1.82) is 0 Å². The van der Waals surface area contributed by atoms with Crippen molar-refractivity contribution in [1.82, 2.24) is 0 Å². The molecule has 1 amide bonds. The zero-order valence-electron chi connectivity index (χ0n) is 11.5. The Kier molecular flexibility index (Phi) is 2.08. The summed E-state index contributed by atoms with van der Waals surface area (Å²) in [6.45, 7) is 4.06. The first-order valence-electron chi connectivity index (χ1n) is 7.21. The van der Waals surface area contributed by atoms with E-state index in [4.69, 9.17) is 0 Å². The zero-order chi connectivity index (χ0) is 13.2. The quantitative estimate of drug-likeness (QED) is 0.650. The third-order valence-corrected chi connectivity index (χ3v) is 5.55. The van der Waals surface area contributed by atoms with Crippen LogP contribution in [0.1, 0.15) is 32.3 Å². The fourth-order valence-corrected chi connectivity index (χ4v) is 4.74. The molecule has 0 radical (unpaired) electrons. The van der Waals surface area contributed by atoms with E-state index < -0.39 is 0 Å². The topological polar surface area (TPSA) is 20.3 Å². The lowest BCUT2D eigenvalue weighted by Gasteiger charge is -2.51. The average Bonchev–Trinajstić information content (AvgIpc) is 2.72. The van der Waals surface area contributed by atoms with Gasteiger partial charge in [-0.1, -0.05) is 37.3 Å². The lowest BCUT2D eigenvalue weighted by molar-refractivity contribution is -0.117. The Morgan fingerprint density at radius 1 is 1.26 bits per heavy atom. The molecule has 1 fully saturated rings. The van der Waals surface area contributed by atoms with Gasteiger partial charge in [0, 0.05) is 18.0 Å². The molecule has 98 valence electrons. The smallest absolute Gasteiger partial charge is 0.224 e. The summed E-state index contributed by atoms with van der Waals surface area (Å²) >= 11 is 0. The van der Waals surface area contributed by atoms with Crippen LogP contribution in [0.15, 0.2) is 36.4 Å². The monoisotopic (exact) mass is 253 g/mol. The van der Waals surface area contributed by atoms with Crippen molar-refractivity contribution in [2.75, 3.05) is 4.90 Å². The van der Waals surface area contributed by atoms with Gasteiger partial charge in [-0.2, -0.15) is 0 Å². The molecule has 2 heteroatoms. The predicted molar refractivity (Wildman–Crippen MR) is 76.1 cm³/mol. The average molecular weight is 253 g/mol. The highest BCUT2D eigenvalue weighted by Crippen LogP contribution is 2.59. The summed E-state index contributed by atoms with van der Waals surface area (Å²) in [7, 11) is 0. The van der Waals surface area contributed by atoms with E-state index in [1.807, 2.05) is 6.07 Å². The zero-order valence-corrected chi connectivity index (χ0v) is 11.5.